The van der Waals surface area contributed by atoms with Crippen molar-refractivity contribution in [3.05, 3.63) is 58.1 Å². The predicted octanol–water partition coefficient (Wildman–Crippen LogP) is 2.53. The summed E-state index contributed by atoms with van der Waals surface area (Å²) in [5, 5.41) is 5.30. The predicted molar refractivity (Wildman–Crippen MR) is 112 cm³/mol. The van der Waals surface area contributed by atoms with Gasteiger partial charge in [-0.25, -0.2) is 8.42 Å². The molecule has 0 saturated heterocycles. The van der Waals surface area contributed by atoms with E-state index in [1.807, 2.05) is 13.0 Å². The quantitative estimate of drug-likeness (QED) is 0.708. The Morgan fingerprint density at radius 3 is 2.61 bits per heavy atom. The van der Waals surface area contributed by atoms with E-state index in [9.17, 15) is 18.0 Å². The fourth-order valence-electron chi connectivity index (χ4n) is 3.27. The summed E-state index contributed by atoms with van der Waals surface area (Å²) in [6.07, 6.45) is 1.70. The second kappa shape index (κ2) is 7.92. The Balaban J connectivity index is 1.65. The zero-order valence-electron chi connectivity index (χ0n) is 15.4. The maximum atomic E-state index is 12.4. The topological polar surface area (TPSA) is 95.6 Å². The molecule has 1 aliphatic heterocycles. The van der Waals surface area contributed by atoms with E-state index in [4.69, 9.17) is 0 Å². The lowest BCUT2D eigenvalue weighted by molar-refractivity contribution is -0.115. The second-order valence-electron chi connectivity index (χ2n) is 6.67. The Hall–Kier alpha value is -2.39. The Morgan fingerprint density at radius 1 is 1.21 bits per heavy atom. The molecule has 148 valence electrons. The zero-order chi connectivity index (χ0) is 20.5. The number of hydrogen-bond acceptors (Lipinski definition) is 4. The molecule has 0 aliphatic carbocycles. The zero-order valence-corrected chi connectivity index (χ0v) is 17.8. The van der Waals surface area contributed by atoms with E-state index in [-0.39, 0.29) is 18.5 Å². The molecule has 0 spiro atoms. The van der Waals surface area contributed by atoms with Crippen LogP contribution < -0.4 is 14.9 Å². The number of para-hydroxylation sites is 1. The lowest BCUT2D eigenvalue weighted by Crippen LogP contribution is -2.34. The third kappa shape index (κ3) is 4.36. The number of amides is 2. The molecule has 1 heterocycles. The van der Waals surface area contributed by atoms with E-state index in [1.54, 1.807) is 36.4 Å². The molecule has 0 aromatic heterocycles. The van der Waals surface area contributed by atoms with Gasteiger partial charge in [-0.1, -0.05) is 12.1 Å². The van der Waals surface area contributed by atoms with Gasteiger partial charge in [-0.05, 0) is 65.2 Å². The highest BCUT2D eigenvalue weighted by molar-refractivity contribution is 9.10. The molecule has 0 bridgehead atoms. The van der Waals surface area contributed by atoms with E-state index in [1.165, 1.54) is 10.6 Å². The summed E-state index contributed by atoms with van der Waals surface area (Å²) in [6, 6.07) is 11.9. The standard InChI is InChI=1S/C19H20BrN3O4S/c1-12-9-14-10-13(7-8-17(14)23(12)28(2,26)27)19(25)21-11-18(24)22-16-6-4-3-5-15(16)20/h3-8,10,12H,9,11H2,1-2H3,(H,21,25)(H,22,24)/t12-/m0/s1. The van der Waals surface area contributed by atoms with Crippen LogP contribution in [0.15, 0.2) is 46.9 Å². The molecule has 2 amide bonds. The first-order chi connectivity index (χ1) is 13.2. The minimum absolute atomic E-state index is 0.177. The molecule has 0 saturated carbocycles. The smallest absolute Gasteiger partial charge is 0.251 e. The first-order valence-electron chi connectivity index (χ1n) is 8.61. The van der Waals surface area contributed by atoms with Crippen molar-refractivity contribution < 1.29 is 18.0 Å². The molecule has 0 radical (unpaired) electrons. The van der Waals surface area contributed by atoms with Crippen LogP contribution >= 0.6 is 15.9 Å². The van der Waals surface area contributed by atoms with Crippen LogP contribution in [-0.4, -0.2) is 39.1 Å². The normalized spacial score (nSPS) is 15.8. The highest BCUT2D eigenvalue weighted by atomic mass is 79.9. The van der Waals surface area contributed by atoms with Crippen molar-refractivity contribution in [2.45, 2.75) is 19.4 Å². The molecule has 9 heteroatoms. The first kappa shape index (κ1) is 20.3. The molecule has 0 fully saturated rings. The van der Waals surface area contributed by atoms with Crippen molar-refractivity contribution >= 4 is 49.1 Å². The first-order valence-corrected chi connectivity index (χ1v) is 11.3. The fraction of sp³-hybridized carbons (Fsp3) is 0.263. The van der Waals surface area contributed by atoms with Crippen LogP contribution in [0.3, 0.4) is 0 Å². The summed E-state index contributed by atoms with van der Waals surface area (Å²) in [7, 11) is -3.38. The number of anilines is 2. The van der Waals surface area contributed by atoms with Crippen LogP contribution in [0.4, 0.5) is 11.4 Å². The Bertz CT molecular complexity index is 1040. The molecule has 2 N–H and O–H groups in total. The van der Waals surface area contributed by atoms with E-state index in [0.29, 0.717) is 23.4 Å². The van der Waals surface area contributed by atoms with Crippen molar-refractivity contribution in [2.24, 2.45) is 0 Å². The van der Waals surface area contributed by atoms with Gasteiger partial charge in [0.2, 0.25) is 15.9 Å². The van der Waals surface area contributed by atoms with Crippen LogP contribution in [-0.2, 0) is 21.2 Å². The third-order valence-electron chi connectivity index (χ3n) is 4.41. The van der Waals surface area contributed by atoms with Gasteiger partial charge in [0.25, 0.3) is 5.91 Å². The van der Waals surface area contributed by atoms with Gasteiger partial charge in [-0.3, -0.25) is 13.9 Å². The number of hydrogen-bond donors (Lipinski definition) is 2. The Kier molecular flexibility index (Phi) is 5.76. The molecular weight excluding hydrogens is 446 g/mol. The molecule has 0 unspecified atom stereocenters. The van der Waals surface area contributed by atoms with Crippen LogP contribution in [0.1, 0.15) is 22.8 Å². The summed E-state index contributed by atoms with van der Waals surface area (Å²) in [4.78, 5) is 24.5. The average Bonchev–Trinajstić information content (AvgIpc) is 2.96. The number of carbonyl (C=O) groups is 2. The summed E-state index contributed by atoms with van der Waals surface area (Å²) in [5.74, 6) is -0.742. The monoisotopic (exact) mass is 465 g/mol. The number of nitrogens with one attached hydrogen (secondary N) is 2. The molecule has 1 atom stereocenters. The number of nitrogens with zero attached hydrogens (tertiary/aromatic N) is 1. The molecule has 3 rings (SSSR count). The minimum Gasteiger partial charge on any atom is -0.343 e. The second-order valence-corrected chi connectivity index (χ2v) is 9.38. The third-order valence-corrected chi connectivity index (χ3v) is 6.37. The summed E-state index contributed by atoms with van der Waals surface area (Å²) < 4.78 is 26.1. The van der Waals surface area contributed by atoms with Gasteiger partial charge in [0.1, 0.15) is 0 Å². The van der Waals surface area contributed by atoms with E-state index in [0.717, 1.165) is 10.0 Å². The van der Waals surface area contributed by atoms with E-state index >= 15 is 0 Å². The van der Waals surface area contributed by atoms with Crippen molar-refractivity contribution in [1.29, 1.82) is 0 Å². The number of rotatable bonds is 5. The summed E-state index contributed by atoms with van der Waals surface area (Å²) in [5.41, 5.74) is 2.39. The highest BCUT2D eigenvalue weighted by Gasteiger charge is 2.32. The largest absolute Gasteiger partial charge is 0.343 e. The van der Waals surface area contributed by atoms with Gasteiger partial charge in [0.05, 0.1) is 24.2 Å². The van der Waals surface area contributed by atoms with Crippen molar-refractivity contribution in [3.63, 3.8) is 0 Å². The van der Waals surface area contributed by atoms with Crippen LogP contribution in [0, 0.1) is 0 Å². The van der Waals surface area contributed by atoms with Crippen molar-refractivity contribution in [3.8, 4) is 0 Å². The molecule has 7 nitrogen and oxygen atoms in total. The fourth-order valence-corrected chi connectivity index (χ4v) is 4.92. The molecule has 1 aliphatic rings. The van der Waals surface area contributed by atoms with Gasteiger partial charge in [-0.15, -0.1) is 0 Å². The van der Waals surface area contributed by atoms with Crippen molar-refractivity contribution in [2.75, 3.05) is 22.4 Å². The molecular formula is C19H20BrN3O4S. The lowest BCUT2D eigenvalue weighted by Gasteiger charge is -2.21. The van der Waals surface area contributed by atoms with Crippen LogP contribution in [0.25, 0.3) is 0 Å². The van der Waals surface area contributed by atoms with Gasteiger partial charge < -0.3 is 10.6 Å². The van der Waals surface area contributed by atoms with Gasteiger partial charge in [0, 0.05) is 16.1 Å². The van der Waals surface area contributed by atoms with Crippen molar-refractivity contribution in [1.82, 2.24) is 5.32 Å². The highest BCUT2D eigenvalue weighted by Crippen LogP contribution is 2.34. The molecule has 28 heavy (non-hydrogen) atoms. The Labute approximate surface area is 172 Å². The van der Waals surface area contributed by atoms with Gasteiger partial charge in [-0.2, -0.15) is 0 Å². The summed E-state index contributed by atoms with van der Waals surface area (Å²) in [6.45, 7) is 1.65. The number of carbonyl (C=O) groups excluding carboxylic acids is 2. The molecule has 2 aromatic rings. The Morgan fingerprint density at radius 2 is 1.93 bits per heavy atom. The van der Waals surface area contributed by atoms with Gasteiger partial charge in [0.15, 0.2) is 0 Å². The maximum absolute atomic E-state index is 12.4. The number of sulfonamides is 1. The molecule has 2 aromatic carbocycles. The average molecular weight is 466 g/mol. The van der Waals surface area contributed by atoms with Crippen LogP contribution in [0.2, 0.25) is 0 Å². The van der Waals surface area contributed by atoms with E-state index in [2.05, 4.69) is 26.6 Å². The number of benzene rings is 2. The maximum Gasteiger partial charge on any atom is 0.251 e. The summed E-state index contributed by atoms with van der Waals surface area (Å²) >= 11 is 3.34. The van der Waals surface area contributed by atoms with E-state index < -0.39 is 15.9 Å². The number of fused-ring (bicyclic) bond motifs is 1. The minimum atomic E-state index is -3.38. The number of halogens is 1. The van der Waals surface area contributed by atoms with Gasteiger partial charge >= 0.3 is 0 Å². The lowest BCUT2D eigenvalue weighted by atomic mass is 10.1. The SMILES string of the molecule is C[C@H]1Cc2cc(C(=O)NCC(=O)Nc3ccccc3Br)ccc2N1S(C)(=O)=O. The van der Waals surface area contributed by atoms with Crippen LogP contribution in [0.5, 0.6) is 0 Å².